The van der Waals surface area contributed by atoms with E-state index in [-0.39, 0.29) is 11.4 Å². The van der Waals surface area contributed by atoms with Crippen molar-refractivity contribution in [3.63, 3.8) is 0 Å². The fraction of sp³-hybridized carbons (Fsp3) is 0.385. The summed E-state index contributed by atoms with van der Waals surface area (Å²) in [6.45, 7) is 0. The molecule has 0 spiro atoms. The lowest BCUT2D eigenvalue weighted by Crippen LogP contribution is -2.48. The summed E-state index contributed by atoms with van der Waals surface area (Å²) in [4.78, 5) is 16.1. The number of nitrogens with one attached hydrogen (secondary N) is 1. The number of carbonyl (C=O) groups excluding carboxylic acids is 1. The Hall–Kier alpha value is -1.46. The smallest absolute Gasteiger partial charge is 0.226 e. The average molecular weight is 261 g/mol. The highest BCUT2D eigenvalue weighted by atomic mass is 32.1. The number of benzene rings is 1. The van der Waals surface area contributed by atoms with Crippen molar-refractivity contribution in [1.82, 2.24) is 4.98 Å². The third kappa shape index (κ3) is 2.23. The third-order valence-electron chi connectivity index (χ3n) is 3.48. The molecule has 1 aromatic carbocycles. The molecule has 3 rings (SSSR count). The van der Waals surface area contributed by atoms with E-state index in [1.165, 1.54) is 0 Å². The summed E-state index contributed by atoms with van der Waals surface area (Å²) in [6.07, 6.45) is 3.45. The van der Waals surface area contributed by atoms with Crippen LogP contribution >= 0.6 is 11.3 Å². The van der Waals surface area contributed by atoms with Gasteiger partial charge in [-0.25, -0.2) is 4.98 Å². The third-order valence-corrected chi connectivity index (χ3v) is 4.27. The minimum atomic E-state index is -0.265. The zero-order chi connectivity index (χ0) is 12.6. The first-order chi connectivity index (χ1) is 8.65. The molecule has 0 saturated heterocycles. The van der Waals surface area contributed by atoms with Gasteiger partial charge in [0, 0.05) is 17.6 Å². The number of anilines is 1. The molecule has 0 aliphatic heterocycles. The molecule has 0 atom stereocenters. The summed E-state index contributed by atoms with van der Waals surface area (Å²) in [5, 5.41) is 2.91. The zero-order valence-corrected chi connectivity index (χ0v) is 10.8. The average Bonchev–Trinajstić information content (AvgIpc) is 2.74. The van der Waals surface area contributed by atoms with E-state index in [1.807, 2.05) is 18.2 Å². The summed E-state index contributed by atoms with van der Waals surface area (Å²) >= 11 is 1.57. The highest BCUT2D eigenvalue weighted by Gasteiger charge is 2.34. The number of hydrogen-bond donors (Lipinski definition) is 2. The van der Waals surface area contributed by atoms with Gasteiger partial charge in [0.25, 0.3) is 0 Å². The molecule has 3 N–H and O–H groups in total. The maximum absolute atomic E-state index is 11.9. The molecule has 18 heavy (non-hydrogen) atoms. The molecular weight excluding hydrogens is 246 g/mol. The van der Waals surface area contributed by atoms with Gasteiger partial charge in [0.15, 0.2) is 0 Å². The molecule has 1 aromatic heterocycles. The van der Waals surface area contributed by atoms with Crippen LogP contribution in [0.3, 0.4) is 0 Å². The topological polar surface area (TPSA) is 68.0 Å². The van der Waals surface area contributed by atoms with E-state index in [0.29, 0.717) is 6.42 Å². The molecule has 2 aromatic rings. The van der Waals surface area contributed by atoms with Crippen molar-refractivity contribution >= 4 is 33.1 Å². The number of nitrogens with zero attached hydrogens (tertiary/aromatic N) is 1. The van der Waals surface area contributed by atoms with Crippen LogP contribution in [0.15, 0.2) is 23.7 Å². The van der Waals surface area contributed by atoms with E-state index in [9.17, 15) is 4.79 Å². The molecule has 1 amide bonds. The van der Waals surface area contributed by atoms with Gasteiger partial charge in [0.1, 0.15) is 0 Å². The van der Waals surface area contributed by atoms with Crippen molar-refractivity contribution in [2.75, 3.05) is 5.32 Å². The van der Waals surface area contributed by atoms with E-state index in [0.717, 1.165) is 35.2 Å². The molecule has 1 fully saturated rings. The Morgan fingerprint density at radius 3 is 3.06 bits per heavy atom. The fourth-order valence-corrected chi connectivity index (χ4v) is 2.98. The maximum atomic E-state index is 11.9. The number of amides is 1. The van der Waals surface area contributed by atoms with Crippen LogP contribution in [-0.4, -0.2) is 16.4 Å². The first-order valence-corrected chi connectivity index (χ1v) is 6.95. The Kier molecular flexibility index (Phi) is 2.80. The van der Waals surface area contributed by atoms with E-state index >= 15 is 0 Å². The van der Waals surface area contributed by atoms with Crippen LogP contribution in [0, 0.1) is 0 Å². The number of nitrogens with two attached hydrogens (primary N) is 1. The van der Waals surface area contributed by atoms with Gasteiger partial charge in [0.05, 0.1) is 15.7 Å². The monoisotopic (exact) mass is 261 g/mol. The van der Waals surface area contributed by atoms with Crippen molar-refractivity contribution in [3.8, 4) is 0 Å². The fourth-order valence-electron chi connectivity index (χ4n) is 2.27. The first-order valence-electron chi connectivity index (χ1n) is 6.07. The predicted molar refractivity (Wildman–Crippen MR) is 73.6 cm³/mol. The maximum Gasteiger partial charge on any atom is 0.226 e. The second-order valence-corrected chi connectivity index (χ2v) is 5.86. The molecule has 0 radical (unpaired) electrons. The number of fused-ring (bicyclic) bond motifs is 1. The number of hydrogen-bond acceptors (Lipinski definition) is 4. The molecule has 1 saturated carbocycles. The summed E-state index contributed by atoms with van der Waals surface area (Å²) in [5.74, 6) is 0.000986. The van der Waals surface area contributed by atoms with E-state index < -0.39 is 0 Å². The SMILES string of the molecule is NC1(CC(=O)Nc2ccc3ncsc3c2)CCC1. The van der Waals surface area contributed by atoms with Gasteiger partial charge >= 0.3 is 0 Å². The zero-order valence-electron chi connectivity index (χ0n) is 9.98. The molecule has 1 heterocycles. The molecule has 0 unspecified atom stereocenters. The Morgan fingerprint density at radius 1 is 1.50 bits per heavy atom. The van der Waals surface area contributed by atoms with Gasteiger partial charge in [-0.3, -0.25) is 4.79 Å². The largest absolute Gasteiger partial charge is 0.326 e. The van der Waals surface area contributed by atoms with Crippen LogP contribution in [-0.2, 0) is 4.79 Å². The van der Waals surface area contributed by atoms with Crippen molar-refractivity contribution < 1.29 is 4.79 Å². The minimum absolute atomic E-state index is 0.000986. The van der Waals surface area contributed by atoms with Gasteiger partial charge in [-0.2, -0.15) is 0 Å². The predicted octanol–water partition coefficient (Wildman–Crippen LogP) is 2.51. The van der Waals surface area contributed by atoms with Crippen molar-refractivity contribution in [2.45, 2.75) is 31.2 Å². The summed E-state index contributed by atoms with van der Waals surface area (Å²) in [6, 6.07) is 5.75. The summed E-state index contributed by atoms with van der Waals surface area (Å²) < 4.78 is 1.08. The van der Waals surface area contributed by atoms with E-state index in [2.05, 4.69) is 10.3 Å². The lowest BCUT2D eigenvalue weighted by atomic mass is 9.75. The number of rotatable bonds is 3. The van der Waals surface area contributed by atoms with Gasteiger partial charge in [-0.1, -0.05) is 0 Å². The summed E-state index contributed by atoms with van der Waals surface area (Å²) in [5.41, 5.74) is 9.39. The number of aromatic nitrogens is 1. The number of thiazole rings is 1. The molecule has 4 nitrogen and oxygen atoms in total. The highest BCUT2D eigenvalue weighted by Crippen LogP contribution is 2.32. The lowest BCUT2D eigenvalue weighted by Gasteiger charge is -2.37. The molecule has 1 aliphatic carbocycles. The van der Waals surface area contributed by atoms with Crippen LogP contribution in [0.2, 0.25) is 0 Å². The minimum Gasteiger partial charge on any atom is -0.326 e. The molecule has 1 aliphatic rings. The van der Waals surface area contributed by atoms with Crippen molar-refractivity contribution in [2.24, 2.45) is 5.73 Å². The van der Waals surface area contributed by atoms with Gasteiger partial charge in [-0.15, -0.1) is 11.3 Å². The summed E-state index contributed by atoms with van der Waals surface area (Å²) in [7, 11) is 0. The Morgan fingerprint density at radius 2 is 2.33 bits per heavy atom. The van der Waals surface area contributed by atoms with E-state index in [4.69, 9.17) is 5.73 Å². The second kappa shape index (κ2) is 4.33. The van der Waals surface area contributed by atoms with Crippen LogP contribution in [0.25, 0.3) is 10.2 Å². The Bertz CT molecular complexity index is 589. The van der Waals surface area contributed by atoms with Crippen LogP contribution in [0.4, 0.5) is 5.69 Å². The van der Waals surface area contributed by atoms with Crippen LogP contribution in [0.1, 0.15) is 25.7 Å². The second-order valence-electron chi connectivity index (χ2n) is 4.98. The van der Waals surface area contributed by atoms with Crippen LogP contribution in [0.5, 0.6) is 0 Å². The standard InChI is InChI=1S/C13H15N3OS/c14-13(4-1-5-13)7-12(17)16-9-2-3-10-11(6-9)18-8-15-10/h2-3,6,8H,1,4-5,7,14H2,(H,16,17). The molecule has 94 valence electrons. The molecule has 0 bridgehead atoms. The van der Waals surface area contributed by atoms with E-state index in [1.54, 1.807) is 16.8 Å². The first kappa shape index (κ1) is 11.6. The van der Waals surface area contributed by atoms with Crippen LogP contribution < -0.4 is 11.1 Å². The lowest BCUT2D eigenvalue weighted by molar-refractivity contribution is -0.118. The van der Waals surface area contributed by atoms with Gasteiger partial charge < -0.3 is 11.1 Å². The normalized spacial score (nSPS) is 17.4. The molecular formula is C13H15N3OS. The quantitative estimate of drug-likeness (QED) is 0.892. The highest BCUT2D eigenvalue weighted by molar-refractivity contribution is 7.16. The molecule has 5 heteroatoms. The van der Waals surface area contributed by atoms with Gasteiger partial charge in [0.2, 0.25) is 5.91 Å². The number of carbonyl (C=O) groups is 1. The van der Waals surface area contributed by atoms with Gasteiger partial charge in [-0.05, 0) is 37.5 Å². The van der Waals surface area contributed by atoms with Crippen molar-refractivity contribution in [1.29, 1.82) is 0 Å². The Balaban J connectivity index is 1.69. The van der Waals surface area contributed by atoms with Crippen molar-refractivity contribution in [3.05, 3.63) is 23.7 Å². The Labute approximate surface area is 109 Å².